The van der Waals surface area contributed by atoms with E-state index < -0.39 is 11.0 Å². The number of aliphatic hydroxyl groups excluding tert-OH is 1. The second-order valence-electron chi connectivity index (χ2n) is 20.6. The van der Waals surface area contributed by atoms with Crippen molar-refractivity contribution >= 4 is 11.9 Å². The van der Waals surface area contributed by atoms with Gasteiger partial charge in [-0.15, -0.1) is 5.10 Å². The summed E-state index contributed by atoms with van der Waals surface area (Å²) in [5, 5.41) is 25.3. The molecular formula is C45H69N7O4. The van der Waals surface area contributed by atoms with Gasteiger partial charge in [0.1, 0.15) is 12.1 Å². The van der Waals surface area contributed by atoms with Crippen LogP contribution in [0.3, 0.4) is 0 Å². The van der Waals surface area contributed by atoms with Crippen LogP contribution in [-0.2, 0) is 26.4 Å². The predicted octanol–water partition coefficient (Wildman–Crippen LogP) is 6.20. The number of benzene rings is 1. The number of esters is 1. The molecule has 0 unspecified atom stereocenters. The van der Waals surface area contributed by atoms with Crippen LogP contribution in [0.2, 0.25) is 0 Å². The van der Waals surface area contributed by atoms with Gasteiger partial charge in [0.25, 0.3) is 5.95 Å². The van der Waals surface area contributed by atoms with E-state index in [1.807, 2.05) is 30.3 Å². The van der Waals surface area contributed by atoms with E-state index in [9.17, 15) is 9.90 Å². The van der Waals surface area contributed by atoms with Crippen molar-refractivity contribution in [1.82, 2.24) is 30.0 Å². The van der Waals surface area contributed by atoms with Crippen LogP contribution in [0.5, 0.6) is 0 Å². The van der Waals surface area contributed by atoms with Crippen molar-refractivity contribution in [3.63, 3.8) is 0 Å². The summed E-state index contributed by atoms with van der Waals surface area (Å²) in [5.41, 5.74) is 6.65. The summed E-state index contributed by atoms with van der Waals surface area (Å²) >= 11 is 0. The lowest BCUT2D eigenvalue weighted by Crippen LogP contribution is -2.78. The normalized spacial score (nSPS) is 41.5. The first-order valence-electron chi connectivity index (χ1n) is 21.7. The minimum absolute atomic E-state index is 0.0588. The van der Waals surface area contributed by atoms with Crippen LogP contribution in [0, 0.1) is 56.7 Å². The molecule has 0 spiro atoms. The molecule has 11 nitrogen and oxygen atoms in total. The molecule has 0 amide bonds. The number of fused-ring (bicyclic) bond motifs is 3. The molecule has 1 saturated heterocycles. The van der Waals surface area contributed by atoms with Gasteiger partial charge in [-0.05, 0) is 103 Å². The van der Waals surface area contributed by atoms with Crippen molar-refractivity contribution < 1.29 is 19.4 Å². The van der Waals surface area contributed by atoms with E-state index in [1.54, 1.807) is 4.80 Å². The smallest absolute Gasteiger partial charge is 0.310 e. The number of aromatic nitrogens is 4. The highest BCUT2D eigenvalue weighted by Gasteiger charge is 2.79. The lowest BCUT2D eigenvalue weighted by Gasteiger charge is -2.76. The summed E-state index contributed by atoms with van der Waals surface area (Å²) in [7, 11) is 2.19. The minimum Gasteiger partial charge on any atom is -0.461 e. The van der Waals surface area contributed by atoms with Gasteiger partial charge in [0.2, 0.25) is 0 Å². The van der Waals surface area contributed by atoms with Gasteiger partial charge in [0.05, 0.1) is 25.2 Å². The molecule has 1 aromatic heterocycles. The average Bonchev–Trinajstić information content (AvgIpc) is 3.63. The zero-order chi connectivity index (χ0) is 39.9. The third-order valence-corrected chi connectivity index (χ3v) is 17.7. The number of ether oxygens (including phenoxy) is 2. The maximum atomic E-state index is 14.8. The maximum Gasteiger partial charge on any atom is 0.310 e. The molecule has 11 heteroatoms. The summed E-state index contributed by atoms with van der Waals surface area (Å²) in [6.45, 7) is 22.8. The number of nitrogens with zero attached hydrogens (tertiary/aromatic N) is 6. The van der Waals surface area contributed by atoms with E-state index in [4.69, 9.17) is 15.2 Å². The molecule has 2 bridgehead atoms. The van der Waals surface area contributed by atoms with E-state index in [0.717, 1.165) is 76.8 Å². The summed E-state index contributed by atoms with van der Waals surface area (Å²) < 4.78 is 13.4. The zero-order valence-corrected chi connectivity index (χ0v) is 35.5. The molecule has 2 heterocycles. The third-order valence-electron chi connectivity index (χ3n) is 17.7. The monoisotopic (exact) mass is 772 g/mol. The molecule has 6 fully saturated rings. The molecule has 1 aromatic carbocycles. The van der Waals surface area contributed by atoms with Crippen molar-refractivity contribution in [2.24, 2.45) is 56.7 Å². The zero-order valence-electron chi connectivity index (χ0n) is 35.5. The fourth-order valence-corrected chi connectivity index (χ4v) is 14.3. The second kappa shape index (κ2) is 14.2. The molecule has 5 saturated carbocycles. The number of hydrogen-bond donors (Lipinski definition) is 2. The largest absolute Gasteiger partial charge is 0.461 e. The Morgan fingerprint density at radius 3 is 2.39 bits per heavy atom. The number of anilines is 1. The van der Waals surface area contributed by atoms with E-state index >= 15 is 0 Å². The number of aliphatic hydroxyl groups is 1. The van der Waals surface area contributed by atoms with Gasteiger partial charge in [-0.1, -0.05) is 95.5 Å². The number of likely N-dealkylation sites (N-methyl/N-ethyl adjacent to an activating group) is 1. The number of tetrazole rings is 1. The van der Waals surface area contributed by atoms with Gasteiger partial charge in [-0.3, -0.25) is 9.69 Å². The average molecular weight is 772 g/mol. The summed E-state index contributed by atoms with van der Waals surface area (Å²) in [6.07, 6.45) is 8.77. The van der Waals surface area contributed by atoms with Gasteiger partial charge >= 0.3 is 5.97 Å². The van der Waals surface area contributed by atoms with Crippen molar-refractivity contribution in [3.05, 3.63) is 47.5 Å². The number of allylic oxidation sites excluding steroid dienone is 1. The second-order valence-corrected chi connectivity index (χ2v) is 20.6. The highest BCUT2D eigenvalue weighted by atomic mass is 16.5. The number of piperazine rings is 1. The van der Waals surface area contributed by atoms with Crippen LogP contribution >= 0.6 is 0 Å². The molecular weight excluding hydrogens is 703 g/mol. The molecule has 9 rings (SSSR count). The standard InChI is InChI=1S/C45H69N7O4/c1-30(2)31(3)40(4)18-19-42(6)33-14-15-35-41(5)27-45(52-48-39(46)47-49-52,38(41)55-25-24-51-22-20-50(8)21-23-51)28-44(35,29-53)34(33)16-17-43(42,7)36(40)37(54)56-26-32-12-10-9-11-13-32/h9-13,16,30-31,33,35-36,38,53H,14-15,17-29H2,1-8H3,(H2,46,48)/t31-,33+,35+,36-,38-,40-,41+,42-,43+,44+,45+/m1/s1. The first-order chi connectivity index (χ1) is 26.6. The molecule has 11 atom stereocenters. The van der Waals surface area contributed by atoms with Crippen molar-refractivity contribution in [1.29, 1.82) is 0 Å². The third kappa shape index (κ3) is 5.78. The molecule has 7 aliphatic rings. The SMILES string of the molecule is CC(C)[C@@H](C)[C@@]1(C)CC[C@]2(C)[C@H]3CC[C@@H]4[C@](CO)(C[C@@]5(n6nnc(N)n6)C[C@]4(C)[C@H]5OCCN4CCN(C)CC4)C3=CC[C@@]2(C)[C@@H]1C(=O)OCc1ccccc1. The molecule has 0 radical (unpaired) electrons. The summed E-state index contributed by atoms with van der Waals surface area (Å²) in [4.78, 5) is 21.5. The van der Waals surface area contributed by atoms with Gasteiger partial charge in [0, 0.05) is 43.6 Å². The lowest BCUT2D eigenvalue weighted by molar-refractivity contribution is -0.304. The number of hydrogen-bond acceptors (Lipinski definition) is 10. The Kier molecular flexibility index (Phi) is 10.1. The van der Waals surface area contributed by atoms with Crippen molar-refractivity contribution in [3.8, 4) is 0 Å². The Morgan fingerprint density at radius 2 is 1.73 bits per heavy atom. The van der Waals surface area contributed by atoms with Crippen LogP contribution in [0.25, 0.3) is 0 Å². The summed E-state index contributed by atoms with van der Waals surface area (Å²) in [6, 6.07) is 10.1. The van der Waals surface area contributed by atoms with Crippen molar-refractivity contribution in [2.75, 3.05) is 58.7 Å². The van der Waals surface area contributed by atoms with Crippen LogP contribution in [0.1, 0.15) is 99.0 Å². The number of rotatable bonds is 11. The van der Waals surface area contributed by atoms with Gasteiger partial charge in [-0.2, -0.15) is 4.80 Å². The number of nitrogens with two attached hydrogens (primary N) is 1. The minimum atomic E-state index is -0.563. The van der Waals surface area contributed by atoms with E-state index in [1.165, 1.54) is 5.57 Å². The Hall–Kier alpha value is -2.86. The molecule has 2 aromatic rings. The van der Waals surface area contributed by atoms with Gasteiger partial charge in [0.15, 0.2) is 0 Å². The Bertz CT molecular complexity index is 1790. The number of carbonyl (C=O) groups excluding carboxylic acids is 1. The fourth-order valence-electron chi connectivity index (χ4n) is 14.3. The van der Waals surface area contributed by atoms with Crippen LogP contribution < -0.4 is 5.73 Å². The topological polar surface area (TPSA) is 132 Å². The lowest BCUT2D eigenvalue weighted by atomic mass is 9.30. The molecule has 56 heavy (non-hydrogen) atoms. The maximum absolute atomic E-state index is 14.8. The molecule has 3 N–H and O–H groups in total. The summed E-state index contributed by atoms with van der Waals surface area (Å²) in [5.74, 6) is 1.09. The first-order valence-corrected chi connectivity index (χ1v) is 21.7. The first kappa shape index (κ1) is 39.9. The Labute approximate surface area is 335 Å². The molecule has 308 valence electrons. The quantitative estimate of drug-likeness (QED) is 0.201. The molecule has 1 aliphatic heterocycles. The number of carbonyl (C=O) groups is 1. The van der Waals surface area contributed by atoms with Crippen LogP contribution in [-0.4, -0.2) is 100 Å². The van der Waals surface area contributed by atoms with Crippen molar-refractivity contribution in [2.45, 2.75) is 112 Å². The highest BCUT2D eigenvalue weighted by Crippen LogP contribution is 2.79. The van der Waals surface area contributed by atoms with Crippen LogP contribution in [0.4, 0.5) is 5.95 Å². The van der Waals surface area contributed by atoms with Crippen LogP contribution in [0.15, 0.2) is 42.0 Å². The van der Waals surface area contributed by atoms with E-state index in [2.05, 4.69) is 86.8 Å². The number of nitrogen functional groups attached to an aromatic ring is 1. The fraction of sp³-hybridized carbons (Fsp3) is 0.778. The molecule has 6 aliphatic carbocycles. The van der Waals surface area contributed by atoms with E-state index in [-0.39, 0.29) is 70.6 Å². The highest BCUT2D eigenvalue weighted by molar-refractivity contribution is 5.75. The Balaban J connectivity index is 1.14. The van der Waals surface area contributed by atoms with Gasteiger partial charge in [-0.25, -0.2) is 0 Å². The predicted molar refractivity (Wildman–Crippen MR) is 217 cm³/mol. The Morgan fingerprint density at radius 1 is 1.00 bits per heavy atom. The van der Waals surface area contributed by atoms with Gasteiger partial charge < -0.3 is 25.2 Å². The van der Waals surface area contributed by atoms with E-state index in [0.29, 0.717) is 24.9 Å².